The fourth-order valence-electron chi connectivity index (χ4n) is 2.63. The summed E-state index contributed by atoms with van der Waals surface area (Å²) in [7, 11) is -3.96. The van der Waals surface area contributed by atoms with Gasteiger partial charge in [0.2, 0.25) is 15.9 Å². The number of nitrogens with zero attached hydrogens (tertiary/aromatic N) is 2. The van der Waals surface area contributed by atoms with Crippen molar-refractivity contribution in [2.24, 2.45) is 11.7 Å². The van der Waals surface area contributed by atoms with Crippen LogP contribution in [0.4, 0.5) is 5.69 Å². The molecule has 9 heteroatoms. The number of nitrogens with two attached hydrogens (primary N) is 1. The van der Waals surface area contributed by atoms with Gasteiger partial charge in [0.25, 0.3) is 0 Å². The summed E-state index contributed by atoms with van der Waals surface area (Å²) in [5, 5.41) is 0.932. The molecular formula is C20H33N3O5S. The Morgan fingerprint density at radius 2 is 1.69 bits per heavy atom. The Balaban J connectivity index is 3.51. The molecule has 8 nitrogen and oxygen atoms in total. The Bertz CT molecular complexity index is 788. The van der Waals surface area contributed by atoms with E-state index < -0.39 is 33.5 Å². The van der Waals surface area contributed by atoms with Gasteiger partial charge in [0.05, 0.1) is 11.9 Å². The zero-order chi connectivity index (χ0) is 22.4. The zero-order valence-electron chi connectivity index (χ0n) is 18.1. The van der Waals surface area contributed by atoms with Crippen LogP contribution in [0.2, 0.25) is 0 Å². The van der Waals surface area contributed by atoms with Gasteiger partial charge in [-0.2, -0.15) is 4.41 Å². The molecule has 0 aliphatic heterocycles. The number of amides is 1. The molecule has 0 unspecified atom stereocenters. The molecule has 1 atom stereocenters. The van der Waals surface area contributed by atoms with Crippen LogP contribution in [0, 0.1) is 5.92 Å². The van der Waals surface area contributed by atoms with Crippen molar-refractivity contribution in [3.05, 3.63) is 30.3 Å². The van der Waals surface area contributed by atoms with E-state index in [1.165, 1.54) is 0 Å². The molecule has 0 aromatic heterocycles. The first-order valence-electron chi connectivity index (χ1n) is 9.58. The van der Waals surface area contributed by atoms with Crippen molar-refractivity contribution in [3.8, 4) is 0 Å². The maximum atomic E-state index is 13.1. The van der Waals surface area contributed by atoms with Gasteiger partial charge in [0.1, 0.15) is 5.60 Å². The number of para-hydroxylation sites is 1. The summed E-state index contributed by atoms with van der Waals surface area (Å²) >= 11 is 0. The van der Waals surface area contributed by atoms with E-state index in [0.717, 1.165) is 15.7 Å². The SMILES string of the molecule is CC(C)CCC(=O)N([C@H](CN)C(=O)OC(C)(C)C)N(c1ccccc1)S(C)(=O)=O. The van der Waals surface area contributed by atoms with Crippen molar-refractivity contribution in [1.29, 1.82) is 0 Å². The van der Waals surface area contributed by atoms with Crippen LogP contribution in [0.1, 0.15) is 47.5 Å². The van der Waals surface area contributed by atoms with Crippen LogP contribution in [-0.4, -0.2) is 49.7 Å². The molecule has 0 saturated carbocycles. The van der Waals surface area contributed by atoms with Crippen LogP contribution in [-0.2, 0) is 24.3 Å². The topological polar surface area (TPSA) is 110 Å². The Kier molecular flexibility index (Phi) is 8.65. The second-order valence-electron chi connectivity index (χ2n) is 8.30. The van der Waals surface area contributed by atoms with Gasteiger partial charge in [-0.1, -0.05) is 32.0 Å². The van der Waals surface area contributed by atoms with E-state index in [9.17, 15) is 18.0 Å². The summed E-state index contributed by atoms with van der Waals surface area (Å²) in [5.74, 6) is -1.06. The molecule has 0 radical (unpaired) electrons. The van der Waals surface area contributed by atoms with E-state index in [-0.39, 0.29) is 24.6 Å². The fraction of sp³-hybridized carbons (Fsp3) is 0.600. The van der Waals surface area contributed by atoms with Crippen LogP contribution in [0.15, 0.2) is 30.3 Å². The van der Waals surface area contributed by atoms with Gasteiger partial charge in [0, 0.05) is 13.0 Å². The summed E-state index contributed by atoms with van der Waals surface area (Å²) in [4.78, 5) is 26.0. The highest BCUT2D eigenvalue weighted by Gasteiger charge is 2.39. The van der Waals surface area contributed by atoms with Gasteiger partial charge in [-0.25, -0.2) is 18.2 Å². The van der Waals surface area contributed by atoms with Crippen LogP contribution >= 0.6 is 0 Å². The number of hydrogen-bond donors (Lipinski definition) is 1. The lowest BCUT2D eigenvalue weighted by Crippen LogP contribution is -2.60. The number of carbonyl (C=O) groups excluding carboxylic acids is 2. The predicted molar refractivity (Wildman–Crippen MR) is 113 cm³/mol. The molecule has 1 aromatic carbocycles. The van der Waals surface area contributed by atoms with Crippen LogP contribution in [0.25, 0.3) is 0 Å². The molecule has 0 fully saturated rings. The maximum Gasteiger partial charge on any atom is 0.332 e. The maximum absolute atomic E-state index is 13.1. The summed E-state index contributed by atoms with van der Waals surface area (Å²) < 4.78 is 31.6. The highest BCUT2D eigenvalue weighted by molar-refractivity contribution is 7.92. The number of rotatable bonds is 9. The Hall–Kier alpha value is -2.13. The van der Waals surface area contributed by atoms with Crippen molar-refractivity contribution in [2.75, 3.05) is 17.2 Å². The second-order valence-corrected chi connectivity index (χ2v) is 10.1. The molecule has 1 aromatic rings. The normalized spacial score (nSPS) is 13.1. The molecule has 0 saturated heterocycles. The average molecular weight is 428 g/mol. The van der Waals surface area contributed by atoms with Crippen molar-refractivity contribution < 1.29 is 22.7 Å². The van der Waals surface area contributed by atoms with Gasteiger partial charge in [-0.3, -0.25) is 4.79 Å². The molecular weight excluding hydrogens is 394 g/mol. The standard InChI is InChI=1S/C20H33N3O5S/c1-15(2)12-13-18(24)22(17(14-21)19(25)28-20(3,4)5)23(29(6,26)27)16-10-8-7-9-11-16/h7-11,15,17H,12-14,21H2,1-6H3/t17-/m1/s1. The largest absolute Gasteiger partial charge is 0.458 e. The van der Waals surface area contributed by atoms with E-state index in [0.29, 0.717) is 6.42 Å². The number of hydrogen-bond acceptors (Lipinski definition) is 6. The predicted octanol–water partition coefficient (Wildman–Crippen LogP) is 2.30. The summed E-state index contributed by atoms with van der Waals surface area (Å²) in [6.45, 7) is 8.69. The number of sulfonamides is 1. The first kappa shape index (κ1) is 24.9. The molecule has 29 heavy (non-hydrogen) atoms. The Labute approximate surface area is 174 Å². The van der Waals surface area contributed by atoms with Gasteiger partial charge >= 0.3 is 5.97 Å². The Morgan fingerprint density at radius 1 is 1.14 bits per heavy atom. The number of carbonyl (C=O) groups is 2. The van der Waals surface area contributed by atoms with Crippen molar-refractivity contribution in [3.63, 3.8) is 0 Å². The monoisotopic (exact) mass is 427 g/mol. The summed E-state index contributed by atoms with van der Waals surface area (Å²) in [6.07, 6.45) is 1.58. The summed E-state index contributed by atoms with van der Waals surface area (Å²) in [6, 6.07) is 6.83. The number of benzene rings is 1. The molecule has 0 aliphatic rings. The quantitative estimate of drug-likeness (QED) is 0.478. The minimum Gasteiger partial charge on any atom is -0.458 e. The van der Waals surface area contributed by atoms with E-state index in [4.69, 9.17) is 10.5 Å². The first-order valence-corrected chi connectivity index (χ1v) is 11.4. The zero-order valence-corrected chi connectivity index (χ0v) is 18.9. The van der Waals surface area contributed by atoms with Crippen molar-refractivity contribution >= 4 is 27.6 Å². The number of esters is 1. The van der Waals surface area contributed by atoms with Crippen LogP contribution < -0.4 is 10.1 Å². The van der Waals surface area contributed by atoms with E-state index in [1.54, 1.807) is 51.1 Å². The third kappa shape index (κ3) is 7.66. The van der Waals surface area contributed by atoms with Gasteiger partial charge in [-0.05, 0) is 45.2 Å². The van der Waals surface area contributed by atoms with Crippen LogP contribution in [0.5, 0.6) is 0 Å². The lowest BCUT2D eigenvalue weighted by molar-refractivity contribution is -0.164. The molecule has 0 heterocycles. The Morgan fingerprint density at radius 3 is 2.10 bits per heavy atom. The molecule has 0 spiro atoms. The van der Waals surface area contributed by atoms with E-state index >= 15 is 0 Å². The van der Waals surface area contributed by atoms with E-state index in [2.05, 4.69) is 0 Å². The van der Waals surface area contributed by atoms with Gasteiger partial charge < -0.3 is 10.5 Å². The number of hydrazine groups is 1. The molecule has 1 amide bonds. The lowest BCUT2D eigenvalue weighted by Gasteiger charge is -2.39. The van der Waals surface area contributed by atoms with Crippen LogP contribution in [0.3, 0.4) is 0 Å². The minimum atomic E-state index is -3.96. The second kappa shape index (κ2) is 10.1. The lowest BCUT2D eigenvalue weighted by atomic mass is 10.1. The van der Waals surface area contributed by atoms with Crippen molar-refractivity contribution in [1.82, 2.24) is 5.01 Å². The molecule has 1 rings (SSSR count). The van der Waals surface area contributed by atoms with E-state index in [1.807, 2.05) is 13.8 Å². The summed E-state index contributed by atoms with van der Waals surface area (Å²) in [5.41, 5.74) is 5.24. The molecule has 0 bridgehead atoms. The molecule has 164 valence electrons. The third-order valence-electron chi connectivity index (χ3n) is 3.88. The third-order valence-corrected chi connectivity index (χ3v) is 4.89. The number of anilines is 1. The van der Waals surface area contributed by atoms with Gasteiger partial charge in [-0.15, -0.1) is 0 Å². The fourth-order valence-corrected chi connectivity index (χ4v) is 3.65. The van der Waals surface area contributed by atoms with Gasteiger partial charge in [0.15, 0.2) is 6.04 Å². The smallest absolute Gasteiger partial charge is 0.332 e. The number of ether oxygens (including phenoxy) is 1. The van der Waals surface area contributed by atoms with Crippen molar-refractivity contribution in [2.45, 2.75) is 59.1 Å². The highest BCUT2D eigenvalue weighted by Crippen LogP contribution is 2.24. The molecule has 2 N–H and O–H groups in total. The highest BCUT2D eigenvalue weighted by atomic mass is 32.2. The first-order chi connectivity index (χ1) is 13.3. The average Bonchev–Trinajstić information content (AvgIpc) is 2.57. The molecule has 0 aliphatic carbocycles. The minimum absolute atomic E-state index is 0.0653.